The average molecular weight is 206 g/mol. The van der Waals surface area contributed by atoms with Crippen LogP contribution in [0.15, 0.2) is 18.3 Å². The maximum absolute atomic E-state index is 11.7. The highest BCUT2D eigenvalue weighted by molar-refractivity contribution is 5.20. The van der Waals surface area contributed by atoms with E-state index in [-0.39, 0.29) is 12.4 Å². The van der Waals surface area contributed by atoms with Gasteiger partial charge in [0.1, 0.15) is 0 Å². The first-order valence-corrected chi connectivity index (χ1v) is 3.86. The topological polar surface area (TPSA) is 48.1 Å². The van der Waals surface area contributed by atoms with Crippen LogP contribution in [0.1, 0.15) is 5.56 Å². The SMILES string of the molecule is NCc1ccnc(OCC(F)(F)F)c1. The summed E-state index contributed by atoms with van der Waals surface area (Å²) in [5, 5.41) is 0. The van der Waals surface area contributed by atoms with Crippen LogP contribution in [-0.4, -0.2) is 17.8 Å². The van der Waals surface area contributed by atoms with Gasteiger partial charge in [0.15, 0.2) is 6.61 Å². The molecule has 14 heavy (non-hydrogen) atoms. The van der Waals surface area contributed by atoms with Gasteiger partial charge in [-0.05, 0) is 11.6 Å². The first-order valence-electron chi connectivity index (χ1n) is 3.86. The van der Waals surface area contributed by atoms with Gasteiger partial charge in [-0.25, -0.2) is 4.98 Å². The van der Waals surface area contributed by atoms with E-state index in [1.807, 2.05) is 0 Å². The quantitative estimate of drug-likeness (QED) is 0.814. The zero-order chi connectivity index (χ0) is 10.6. The Labute approximate surface area is 78.7 Å². The van der Waals surface area contributed by atoms with Crippen LogP contribution >= 0.6 is 0 Å². The normalized spacial score (nSPS) is 11.4. The van der Waals surface area contributed by atoms with Gasteiger partial charge in [0.25, 0.3) is 0 Å². The molecule has 78 valence electrons. The van der Waals surface area contributed by atoms with Crippen LogP contribution in [0, 0.1) is 0 Å². The van der Waals surface area contributed by atoms with E-state index in [2.05, 4.69) is 9.72 Å². The summed E-state index contributed by atoms with van der Waals surface area (Å²) in [7, 11) is 0. The first kappa shape index (κ1) is 10.8. The Kier molecular flexibility index (Phi) is 3.29. The molecule has 3 nitrogen and oxygen atoms in total. The molecule has 1 aromatic heterocycles. The molecule has 0 aromatic carbocycles. The molecule has 0 saturated carbocycles. The summed E-state index contributed by atoms with van der Waals surface area (Å²) in [6, 6.07) is 2.99. The van der Waals surface area contributed by atoms with E-state index in [1.54, 1.807) is 6.07 Å². The fraction of sp³-hybridized carbons (Fsp3) is 0.375. The van der Waals surface area contributed by atoms with Gasteiger partial charge in [0.05, 0.1) is 0 Å². The molecule has 0 spiro atoms. The van der Waals surface area contributed by atoms with E-state index in [1.165, 1.54) is 12.3 Å². The van der Waals surface area contributed by atoms with Crippen LogP contribution in [-0.2, 0) is 6.54 Å². The fourth-order valence-electron chi connectivity index (χ4n) is 0.812. The first-order chi connectivity index (χ1) is 6.51. The number of nitrogens with zero attached hydrogens (tertiary/aromatic N) is 1. The molecule has 0 atom stereocenters. The molecule has 0 radical (unpaired) electrons. The minimum atomic E-state index is -4.35. The number of pyridine rings is 1. The lowest BCUT2D eigenvalue weighted by atomic mass is 10.3. The molecule has 0 saturated heterocycles. The van der Waals surface area contributed by atoms with Gasteiger partial charge in [-0.15, -0.1) is 0 Å². The number of rotatable bonds is 3. The highest BCUT2D eigenvalue weighted by Gasteiger charge is 2.28. The molecule has 0 fully saturated rings. The monoisotopic (exact) mass is 206 g/mol. The highest BCUT2D eigenvalue weighted by atomic mass is 19.4. The van der Waals surface area contributed by atoms with E-state index in [4.69, 9.17) is 5.73 Å². The van der Waals surface area contributed by atoms with Crippen LogP contribution in [0.5, 0.6) is 5.88 Å². The molecule has 0 bridgehead atoms. The van der Waals surface area contributed by atoms with Crippen molar-refractivity contribution in [3.8, 4) is 5.88 Å². The maximum atomic E-state index is 11.7. The summed E-state index contributed by atoms with van der Waals surface area (Å²) >= 11 is 0. The maximum Gasteiger partial charge on any atom is 0.422 e. The van der Waals surface area contributed by atoms with Crippen molar-refractivity contribution in [1.29, 1.82) is 0 Å². The summed E-state index contributed by atoms with van der Waals surface area (Å²) in [6.07, 6.45) is -2.99. The predicted octanol–water partition coefficient (Wildman–Crippen LogP) is 1.48. The van der Waals surface area contributed by atoms with Crippen molar-refractivity contribution in [3.63, 3.8) is 0 Å². The van der Waals surface area contributed by atoms with Gasteiger partial charge in [-0.3, -0.25) is 0 Å². The molecular formula is C8H9F3N2O. The zero-order valence-electron chi connectivity index (χ0n) is 7.21. The summed E-state index contributed by atoms with van der Waals surface area (Å²) in [5.41, 5.74) is 5.97. The molecule has 1 rings (SSSR count). The molecular weight excluding hydrogens is 197 g/mol. The number of aromatic nitrogens is 1. The van der Waals surface area contributed by atoms with E-state index in [0.29, 0.717) is 5.56 Å². The Balaban J connectivity index is 2.59. The number of alkyl halides is 3. The number of halogens is 3. The van der Waals surface area contributed by atoms with Crippen molar-refractivity contribution in [3.05, 3.63) is 23.9 Å². The van der Waals surface area contributed by atoms with E-state index >= 15 is 0 Å². The molecule has 1 aromatic rings. The third-order valence-electron chi connectivity index (χ3n) is 1.42. The molecule has 0 aliphatic heterocycles. The summed E-state index contributed by atoms with van der Waals surface area (Å²) < 4.78 is 39.7. The second-order valence-corrected chi connectivity index (χ2v) is 2.61. The Hall–Kier alpha value is -1.30. The van der Waals surface area contributed by atoms with Gasteiger partial charge in [-0.2, -0.15) is 13.2 Å². The van der Waals surface area contributed by atoms with Crippen molar-refractivity contribution in [2.45, 2.75) is 12.7 Å². The molecule has 0 unspecified atom stereocenters. The Morgan fingerprint density at radius 1 is 1.43 bits per heavy atom. The molecule has 1 heterocycles. The van der Waals surface area contributed by atoms with Crippen molar-refractivity contribution in [2.75, 3.05) is 6.61 Å². The van der Waals surface area contributed by atoms with Crippen LogP contribution in [0.25, 0.3) is 0 Å². The van der Waals surface area contributed by atoms with E-state index in [9.17, 15) is 13.2 Å². The molecule has 0 amide bonds. The lowest BCUT2D eigenvalue weighted by molar-refractivity contribution is -0.154. The number of nitrogens with two attached hydrogens (primary N) is 1. The van der Waals surface area contributed by atoms with Crippen molar-refractivity contribution in [1.82, 2.24) is 4.98 Å². The minimum absolute atomic E-state index is 0.0646. The van der Waals surface area contributed by atoms with Crippen molar-refractivity contribution < 1.29 is 17.9 Å². The zero-order valence-corrected chi connectivity index (χ0v) is 7.21. The lowest BCUT2D eigenvalue weighted by Gasteiger charge is -2.08. The Morgan fingerprint density at radius 2 is 2.14 bits per heavy atom. The second kappa shape index (κ2) is 4.28. The largest absolute Gasteiger partial charge is 0.468 e. The number of ether oxygens (including phenoxy) is 1. The van der Waals surface area contributed by atoms with E-state index < -0.39 is 12.8 Å². The number of hydrogen-bond acceptors (Lipinski definition) is 3. The Bertz CT molecular complexity index is 301. The van der Waals surface area contributed by atoms with Gasteiger partial charge < -0.3 is 10.5 Å². The summed E-state index contributed by atoms with van der Waals surface area (Å²) in [5.74, 6) is -0.0646. The fourth-order valence-corrected chi connectivity index (χ4v) is 0.812. The van der Waals surface area contributed by atoms with Gasteiger partial charge in [0, 0.05) is 18.8 Å². The Morgan fingerprint density at radius 3 is 2.71 bits per heavy atom. The third kappa shape index (κ3) is 3.61. The summed E-state index contributed by atoms with van der Waals surface area (Å²) in [6.45, 7) is -1.10. The molecule has 0 aliphatic carbocycles. The molecule has 2 N–H and O–H groups in total. The van der Waals surface area contributed by atoms with E-state index in [0.717, 1.165) is 0 Å². The second-order valence-electron chi connectivity index (χ2n) is 2.61. The predicted molar refractivity (Wildman–Crippen MR) is 43.7 cm³/mol. The highest BCUT2D eigenvalue weighted by Crippen LogP contribution is 2.17. The van der Waals surface area contributed by atoms with Crippen LogP contribution in [0.3, 0.4) is 0 Å². The lowest BCUT2D eigenvalue weighted by Crippen LogP contribution is -2.19. The van der Waals surface area contributed by atoms with Crippen molar-refractivity contribution in [2.24, 2.45) is 5.73 Å². The average Bonchev–Trinajstić information content (AvgIpc) is 2.14. The third-order valence-corrected chi connectivity index (χ3v) is 1.42. The van der Waals surface area contributed by atoms with Crippen molar-refractivity contribution >= 4 is 0 Å². The minimum Gasteiger partial charge on any atom is -0.468 e. The van der Waals surface area contributed by atoms with Crippen LogP contribution in [0.4, 0.5) is 13.2 Å². The van der Waals surface area contributed by atoms with Gasteiger partial charge in [0.2, 0.25) is 5.88 Å². The number of hydrogen-bond donors (Lipinski definition) is 1. The van der Waals surface area contributed by atoms with Crippen LogP contribution in [0.2, 0.25) is 0 Å². The van der Waals surface area contributed by atoms with Gasteiger partial charge >= 0.3 is 6.18 Å². The molecule has 6 heteroatoms. The standard InChI is InChI=1S/C8H9F3N2O/c9-8(10,11)5-14-7-3-6(4-12)1-2-13-7/h1-3H,4-5,12H2. The smallest absolute Gasteiger partial charge is 0.422 e. The molecule has 0 aliphatic rings. The summed E-state index contributed by atoms with van der Waals surface area (Å²) in [4.78, 5) is 3.61. The van der Waals surface area contributed by atoms with Gasteiger partial charge in [-0.1, -0.05) is 0 Å². The van der Waals surface area contributed by atoms with Crippen LogP contribution < -0.4 is 10.5 Å².